The van der Waals surface area contributed by atoms with Gasteiger partial charge in [0.2, 0.25) is 5.91 Å². The smallest absolute Gasteiger partial charge is 0.251 e. The summed E-state index contributed by atoms with van der Waals surface area (Å²) in [6.45, 7) is 2.96. The monoisotopic (exact) mass is 452 g/mol. The zero-order chi connectivity index (χ0) is 21.7. The lowest BCUT2D eigenvalue weighted by molar-refractivity contribution is -0.130. The van der Waals surface area contributed by atoms with Crippen LogP contribution >= 0.6 is 23.2 Å². The summed E-state index contributed by atoms with van der Waals surface area (Å²) >= 11 is 12.4. The van der Waals surface area contributed by atoms with Gasteiger partial charge in [-0.25, -0.2) is 4.39 Å². The number of benzene rings is 2. The number of amides is 2. The zero-order valence-corrected chi connectivity index (χ0v) is 18.1. The van der Waals surface area contributed by atoms with Gasteiger partial charge in [-0.15, -0.1) is 0 Å². The highest BCUT2D eigenvalue weighted by Crippen LogP contribution is 2.39. The van der Waals surface area contributed by atoms with Crippen LogP contribution < -0.4 is 10.6 Å². The molecule has 2 aromatic carbocycles. The Bertz CT molecular complexity index is 946. The van der Waals surface area contributed by atoms with Crippen molar-refractivity contribution in [2.24, 2.45) is 0 Å². The van der Waals surface area contributed by atoms with Crippen molar-refractivity contribution >= 4 is 35.0 Å². The van der Waals surface area contributed by atoms with Gasteiger partial charge in [-0.2, -0.15) is 0 Å². The van der Waals surface area contributed by atoms with E-state index in [1.165, 1.54) is 6.07 Å². The molecule has 1 saturated heterocycles. The highest BCUT2D eigenvalue weighted by atomic mass is 35.5. The first-order valence-electron chi connectivity index (χ1n) is 9.69. The minimum atomic E-state index is -0.815. The Morgan fingerprint density at radius 3 is 2.43 bits per heavy atom. The number of carbonyl (C=O) groups excluding carboxylic acids is 2. The highest BCUT2D eigenvalue weighted by Gasteiger charge is 2.42. The molecule has 0 saturated carbocycles. The maximum Gasteiger partial charge on any atom is 0.251 e. The third kappa shape index (κ3) is 4.94. The SMILES string of the molecule is Cc1ccc(C(=O)NCCNC(=O)C2(c3ccc(Cl)cc3Cl)CCOCC2)cc1F. The van der Waals surface area contributed by atoms with E-state index in [-0.39, 0.29) is 24.6 Å². The van der Waals surface area contributed by atoms with Crippen molar-refractivity contribution in [1.82, 2.24) is 10.6 Å². The van der Waals surface area contributed by atoms with Crippen LogP contribution in [0.2, 0.25) is 10.0 Å². The molecule has 0 spiro atoms. The molecule has 30 heavy (non-hydrogen) atoms. The second-order valence-electron chi connectivity index (χ2n) is 7.29. The molecule has 0 aromatic heterocycles. The second kappa shape index (κ2) is 9.77. The summed E-state index contributed by atoms with van der Waals surface area (Å²) in [5.41, 5.74) is 0.609. The summed E-state index contributed by atoms with van der Waals surface area (Å²) in [7, 11) is 0. The third-order valence-corrected chi connectivity index (χ3v) is 5.91. The molecule has 0 bridgehead atoms. The van der Waals surface area contributed by atoms with Crippen LogP contribution in [0.3, 0.4) is 0 Å². The summed E-state index contributed by atoms with van der Waals surface area (Å²) in [5.74, 6) is -1.01. The van der Waals surface area contributed by atoms with E-state index in [2.05, 4.69) is 10.6 Å². The molecule has 0 radical (unpaired) electrons. The van der Waals surface area contributed by atoms with Crippen molar-refractivity contribution in [2.45, 2.75) is 25.2 Å². The van der Waals surface area contributed by atoms with Crippen LogP contribution in [0.1, 0.15) is 34.3 Å². The average Bonchev–Trinajstić information content (AvgIpc) is 2.73. The van der Waals surface area contributed by atoms with Gasteiger partial charge in [0.1, 0.15) is 5.82 Å². The van der Waals surface area contributed by atoms with E-state index < -0.39 is 17.1 Å². The lowest BCUT2D eigenvalue weighted by atomic mass is 9.73. The van der Waals surface area contributed by atoms with Crippen molar-refractivity contribution < 1.29 is 18.7 Å². The van der Waals surface area contributed by atoms with E-state index in [0.717, 1.165) is 0 Å². The maximum atomic E-state index is 13.6. The number of halogens is 3. The Labute approximate surface area is 184 Å². The van der Waals surface area contributed by atoms with E-state index in [0.29, 0.717) is 47.2 Å². The summed E-state index contributed by atoms with van der Waals surface area (Å²) in [6.07, 6.45) is 0.990. The largest absolute Gasteiger partial charge is 0.381 e. The number of hydrogen-bond donors (Lipinski definition) is 2. The number of aryl methyl sites for hydroxylation is 1. The zero-order valence-electron chi connectivity index (χ0n) is 16.6. The van der Waals surface area contributed by atoms with Gasteiger partial charge in [-0.3, -0.25) is 9.59 Å². The number of nitrogens with one attached hydrogen (secondary N) is 2. The summed E-state index contributed by atoms with van der Waals surface area (Å²) in [5, 5.41) is 6.51. The molecule has 0 aliphatic carbocycles. The summed E-state index contributed by atoms with van der Waals surface area (Å²) < 4.78 is 19.1. The quantitative estimate of drug-likeness (QED) is 0.649. The minimum Gasteiger partial charge on any atom is -0.381 e. The van der Waals surface area contributed by atoms with Crippen LogP contribution in [0, 0.1) is 12.7 Å². The van der Waals surface area contributed by atoms with Crippen molar-refractivity contribution in [3.8, 4) is 0 Å². The van der Waals surface area contributed by atoms with Crippen LogP contribution in [-0.2, 0) is 14.9 Å². The molecule has 2 aromatic rings. The van der Waals surface area contributed by atoms with Gasteiger partial charge < -0.3 is 15.4 Å². The van der Waals surface area contributed by atoms with Crippen molar-refractivity contribution in [3.05, 3.63) is 69.0 Å². The summed E-state index contributed by atoms with van der Waals surface area (Å²) in [6, 6.07) is 9.44. The van der Waals surface area contributed by atoms with E-state index in [1.54, 1.807) is 37.3 Å². The highest BCUT2D eigenvalue weighted by molar-refractivity contribution is 6.35. The molecule has 2 N–H and O–H groups in total. The fourth-order valence-electron chi connectivity index (χ4n) is 3.57. The number of ether oxygens (including phenoxy) is 1. The van der Waals surface area contributed by atoms with Gasteiger partial charge in [0.05, 0.1) is 5.41 Å². The maximum absolute atomic E-state index is 13.6. The molecular formula is C22H23Cl2FN2O3. The lowest BCUT2D eigenvalue weighted by Gasteiger charge is -2.36. The predicted octanol–water partition coefficient (Wildman–Crippen LogP) is 4.04. The Balaban J connectivity index is 1.62. The normalized spacial score (nSPS) is 15.5. The average molecular weight is 453 g/mol. The summed E-state index contributed by atoms with van der Waals surface area (Å²) in [4.78, 5) is 25.3. The molecule has 2 amide bonds. The molecule has 1 heterocycles. The van der Waals surface area contributed by atoms with Gasteiger partial charge in [0.15, 0.2) is 0 Å². The molecule has 1 aliphatic rings. The van der Waals surface area contributed by atoms with Gasteiger partial charge in [-0.1, -0.05) is 35.3 Å². The number of rotatable bonds is 6. The Hall–Kier alpha value is -2.15. The van der Waals surface area contributed by atoms with Crippen molar-refractivity contribution in [2.75, 3.05) is 26.3 Å². The Kier molecular flexibility index (Phi) is 7.34. The molecule has 0 atom stereocenters. The molecular weight excluding hydrogens is 430 g/mol. The van der Waals surface area contributed by atoms with Crippen molar-refractivity contribution in [1.29, 1.82) is 0 Å². The van der Waals surface area contributed by atoms with E-state index >= 15 is 0 Å². The van der Waals surface area contributed by atoms with Crippen LogP contribution in [0.4, 0.5) is 4.39 Å². The van der Waals surface area contributed by atoms with Gasteiger partial charge in [0.25, 0.3) is 5.91 Å². The first kappa shape index (κ1) is 22.5. The molecule has 1 fully saturated rings. The lowest BCUT2D eigenvalue weighted by Crippen LogP contribution is -2.49. The van der Waals surface area contributed by atoms with E-state index in [9.17, 15) is 14.0 Å². The van der Waals surface area contributed by atoms with Crippen LogP contribution in [-0.4, -0.2) is 38.1 Å². The number of carbonyl (C=O) groups is 2. The van der Waals surface area contributed by atoms with E-state index in [1.807, 2.05) is 0 Å². The fourth-order valence-corrected chi connectivity index (χ4v) is 4.16. The molecule has 160 valence electrons. The van der Waals surface area contributed by atoms with E-state index in [4.69, 9.17) is 27.9 Å². The van der Waals surface area contributed by atoms with Crippen LogP contribution in [0.25, 0.3) is 0 Å². The first-order chi connectivity index (χ1) is 14.3. The Morgan fingerprint density at radius 1 is 1.07 bits per heavy atom. The van der Waals surface area contributed by atoms with Crippen LogP contribution in [0.15, 0.2) is 36.4 Å². The standard InChI is InChI=1S/C22H23Cl2FN2O3/c1-14-2-3-15(12-19(14)25)20(28)26-8-9-27-21(29)22(6-10-30-11-7-22)17-5-4-16(23)13-18(17)24/h2-5,12-13H,6-11H2,1H3,(H,26,28)(H,27,29). The Morgan fingerprint density at radius 2 is 1.77 bits per heavy atom. The topological polar surface area (TPSA) is 67.4 Å². The molecule has 8 heteroatoms. The first-order valence-corrected chi connectivity index (χ1v) is 10.4. The second-order valence-corrected chi connectivity index (χ2v) is 8.14. The van der Waals surface area contributed by atoms with Gasteiger partial charge in [-0.05, 0) is 55.2 Å². The fraction of sp³-hybridized carbons (Fsp3) is 0.364. The number of hydrogen-bond acceptors (Lipinski definition) is 3. The van der Waals surface area contributed by atoms with Gasteiger partial charge >= 0.3 is 0 Å². The molecule has 3 rings (SSSR count). The van der Waals surface area contributed by atoms with Gasteiger partial charge in [0, 0.05) is 41.9 Å². The van der Waals surface area contributed by atoms with Crippen LogP contribution in [0.5, 0.6) is 0 Å². The van der Waals surface area contributed by atoms with Crippen molar-refractivity contribution in [3.63, 3.8) is 0 Å². The molecule has 5 nitrogen and oxygen atoms in total. The molecule has 1 aliphatic heterocycles. The third-order valence-electron chi connectivity index (χ3n) is 5.36. The molecule has 0 unspecified atom stereocenters. The minimum absolute atomic E-state index is 0.175. The predicted molar refractivity (Wildman–Crippen MR) is 115 cm³/mol.